The first kappa shape index (κ1) is 21.4. The van der Waals surface area contributed by atoms with Crippen LogP contribution in [0.4, 0.5) is 5.82 Å². The van der Waals surface area contributed by atoms with Crippen molar-refractivity contribution in [3.8, 4) is 0 Å². The summed E-state index contributed by atoms with van der Waals surface area (Å²) in [6, 6.07) is 16.5. The van der Waals surface area contributed by atoms with Gasteiger partial charge in [0.05, 0.1) is 0 Å². The Bertz CT molecular complexity index is 1210. The molecule has 5 rings (SSSR count). The number of hydrogen-bond acceptors (Lipinski definition) is 3. The van der Waals surface area contributed by atoms with Crippen LogP contribution in [-0.2, 0) is 23.2 Å². The van der Waals surface area contributed by atoms with Gasteiger partial charge in [-0.15, -0.1) is 0 Å². The first-order valence-electron chi connectivity index (χ1n) is 11.6. The molecule has 4 atom stereocenters. The Morgan fingerprint density at radius 2 is 1.45 bits per heavy atom. The Balaban J connectivity index is 1.18. The molecule has 3 aromatic rings. The Labute approximate surface area is 194 Å². The Kier molecular flexibility index (Phi) is 5.52. The van der Waals surface area contributed by atoms with E-state index in [1.807, 2.05) is 37.5 Å². The van der Waals surface area contributed by atoms with Gasteiger partial charge in [-0.05, 0) is 60.8 Å². The molecule has 0 bridgehead atoms. The highest BCUT2D eigenvalue weighted by atomic mass is 16.2. The molecule has 0 unspecified atom stereocenters. The maximum absolute atomic E-state index is 12.9. The minimum atomic E-state index is -0.0307. The van der Waals surface area contributed by atoms with Crippen molar-refractivity contribution in [3.05, 3.63) is 82.5 Å². The third kappa shape index (κ3) is 4.42. The summed E-state index contributed by atoms with van der Waals surface area (Å²) in [6.45, 7) is 4.54. The van der Waals surface area contributed by atoms with Gasteiger partial charge in [-0.25, -0.2) is 0 Å². The fourth-order valence-corrected chi connectivity index (χ4v) is 4.96. The van der Waals surface area contributed by atoms with Gasteiger partial charge in [0.15, 0.2) is 5.82 Å². The molecule has 0 aliphatic heterocycles. The van der Waals surface area contributed by atoms with Crippen molar-refractivity contribution >= 4 is 17.6 Å². The number of aromatic nitrogens is 2. The number of hydrogen-bond donors (Lipinski definition) is 2. The summed E-state index contributed by atoms with van der Waals surface area (Å²) in [7, 11) is 1.82. The molecule has 6 heteroatoms. The lowest BCUT2D eigenvalue weighted by molar-refractivity contribution is -0.122. The summed E-state index contributed by atoms with van der Waals surface area (Å²) < 4.78 is 1.68. The van der Waals surface area contributed by atoms with Crippen molar-refractivity contribution in [1.82, 2.24) is 15.1 Å². The zero-order valence-electron chi connectivity index (χ0n) is 19.3. The first-order chi connectivity index (χ1) is 15.9. The second-order valence-electron chi connectivity index (χ2n) is 9.49. The normalized spacial score (nSPS) is 23.1. The summed E-state index contributed by atoms with van der Waals surface area (Å²) in [6.07, 6.45) is 3.60. The van der Waals surface area contributed by atoms with Crippen LogP contribution in [0, 0.1) is 25.7 Å². The number of anilines is 1. The molecule has 1 heterocycles. The van der Waals surface area contributed by atoms with Crippen LogP contribution in [-0.4, -0.2) is 21.6 Å². The van der Waals surface area contributed by atoms with Crippen molar-refractivity contribution in [1.29, 1.82) is 0 Å². The number of carbonyl (C=O) groups excluding carboxylic acids is 2. The van der Waals surface area contributed by atoms with Gasteiger partial charge in [-0.3, -0.25) is 14.3 Å². The molecule has 170 valence electrons. The van der Waals surface area contributed by atoms with Crippen LogP contribution in [0.25, 0.3) is 0 Å². The summed E-state index contributed by atoms with van der Waals surface area (Å²) >= 11 is 0. The summed E-state index contributed by atoms with van der Waals surface area (Å²) in [5.74, 6) is 1.14. The van der Waals surface area contributed by atoms with E-state index in [1.165, 1.54) is 22.3 Å². The average Bonchev–Trinajstić information content (AvgIpc) is 3.70. The molecule has 2 fully saturated rings. The number of nitrogens with zero attached hydrogens (tertiary/aromatic N) is 2. The van der Waals surface area contributed by atoms with E-state index in [4.69, 9.17) is 0 Å². The van der Waals surface area contributed by atoms with E-state index in [0.29, 0.717) is 18.3 Å². The summed E-state index contributed by atoms with van der Waals surface area (Å²) in [4.78, 5) is 25.6. The molecule has 6 nitrogen and oxygen atoms in total. The molecular formula is C27H30N4O2. The monoisotopic (exact) mass is 442 g/mol. The quantitative estimate of drug-likeness (QED) is 0.576. The van der Waals surface area contributed by atoms with E-state index >= 15 is 0 Å². The molecule has 0 radical (unpaired) electrons. The van der Waals surface area contributed by atoms with Crippen molar-refractivity contribution in [3.63, 3.8) is 0 Å². The molecule has 2 amide bonds. The highest BCUT2D eigenvalue weighted by Crippen LogP contribution is 2.49. The van der Waals surface area contributed by atoms with Gasteiger partial charge in [0, 0.05) is 37.2 Å². The molecule has 2 aromatic carbocycles. The maximum atomic E-state index is 12.9. The lowest BCUT2D eigenvalue weighted by Crippen LogP contribution is -2.25. The van der Waals surface area contributed by atoms with Crippen molar-refractivity contribution < 1.29 is 9.59 Å². The minimum Gasteiger partial charge on any atom is -0.352 e. The number of nitrogens with one attached hydrogen (secondary N) is 2. The topological polar surface area (TPSA) is 76.0 Å². The lowest BCUT2D eigenvalue weighted by Gasteiger charge is -2.08. The molecular weight excluding hydrogens is 412 g/mol. The van der Waals surface area contributed by atoms with Gasteiger partial charge in [-0.2, -0.15) is 5.10 Å². The Morgan fingerprint density at radius 1 is 0.909 bits per heavy atom. The van der Waals surface area contributed by atoms with Gasteiger partial charge < -0.3 is 10.6 Å². The van der Waals surface area contributed by atoms with Crippen molar-refractivity contribution in [2.75, 3.05) is 5.32 Å². The molecule has 33 heavy (non-hydrogen) atoms. The predicted octanol–water partition coefficient (Wildman–Crippen LogP) is 4.20. The van der Waals surface area contributed by atoms with E-state index < -0.39 is 0 Å². The van der Waals surface area contributed by atoms with Crippen LogP contribution in [0.1, 0.15) is 52.5 Å². The van der Waals surface area contributed by atoms with Gasteiger partial charge >= 0.3 is 0 Å². The molecule has 1 aromatic heterocycles. The average molecular weight is 443 g/mol. The van der Waals surface area contributed by atoms with Gasteiger partial charge in [-0.1, -0.05) is 48.5 Å². The summed E-state index contributed by atoms with van der Waals surface area (Å²) in [5, 5.41) is 10.5. The third-order valence-electron chi connectivity index (χ3n) is 7.03. The lowest BCUT2D eigenvalue weighted by atomic mass is 10.0. The number of carbonyl (C=O) groups is 2. The van der Waals surface area contributed by atoms with Crippen LogP contribution in [0.3, 0.4) is 0 Å². The molecule has 2 N–H and O–H groups in total. The highest BCUT2D eigenvalue weighted by molar-refractivity contribution is 5.95. The maximum Gasteiger partial charge on any atom is 0.229 e. The van der Waals surface area contributed by atoms with Crippen LogP contribution < -0.4 is 10.6 Å². The standard InChI is InChI=1S/C27H30N4O2/c1-16-8-4-6-10-19(16)21-12-23(21)26(32)28-14-18-15-31(3)30-25(18)29-27(33)24-13-22(24)20-11-7-5-9-17(20)2/h4-11,15,21-24H,12-14H2,1-3H3,(H,28,32)(H,29,30,33)/t21-,22+,23+,24+/m1/s1. The SMILES string of the molecule is Cc1ccccc1[C@H]1C[C@@H]1C(=O)NCc1cn(C)nc1NC(=O)[C@H]1C[C@H]1c1ccccc1C. The summed E-state index contributed by atoms with van der Waals surface area (Å²) in [5.41, 5.74) is 5.79. The van der Waals surface area contributed by atoms with Gasteiger partial charge in [0.25, 0.3) is 0 Å². The molecule has 0 saturated heterocycles. The van der Waals surface area contributed by atoms with Crippen LogP contribution in [0.2, 0.25) is 0 Å². The fraction of sp³-hybridized carbons (Fsp3) is 0.370. The number of benzene rings is 2. The molecule has 2 aliphatic carbocycles. The van der Waals surface area contributed by atoms with Gasteiger partial charge in [0.1, 0.15) is 0 Å². The van der Waals surface area contributed by atoms with Crippen LogP contribution in [0.5, 0.6) is 0 Å². The predicted molar refractivity (Wildman–Crippen MR) is 128 cm³/mol. The Hall–Kier alpha value is -3.41. The number of aryl methyl sites for hydroxylation is 3. The van der Waals surface area contributed by atoms with Gasteiger partial charge in [0.2, 0.25) is 11.8 Å². The molecule has 0 spiro atoms. The van der Waals surface area contributed by atoms with Crippen LogP contribution in [0.15, 0.2) is 54.7 Å². The number of amides is 2. The zero-order chi connectivity index (χ0) is 23.1. The second-order valence-corrected chi connectivity index (χ2v) is 9.49. The fourth-order valence-electron chi connectivity index (χ4n) is 4.96. The highest BCUT2D eigenvalue weighted by Gasteiger charge is 2.45. The molecule has 2 aliphatic rings. The van der Waals surface area contributed by atoms with Crippen molar-refractivity contribution in [2.24, 2.45) is 18.9 Å². The number of rotatable bonds is 7. The van der Waals surface area contributed by atoms with Crippen molar-refractivity contribution in [2.45, 2.75) is 45.1 Å². The largest absolute Gasteiger partial charge is 0.352 e. The van der Waals surface area contributed by atoms with E-state index in [9.17, 15) is 9.59 Å². The first-order valence-corrected chi connectivity index (χ1v) is 11.6. The van der Waals surface area contributed by atoms with E-state index in [1.54, 1.807) is 4.68 Å². The minimum absolute atomic E-state index is 0.00339. The smallest absolute Gasteiger partial charge is 0.229 e. The van der Waals surface area contributed by atoms with E-state index in [0.717, 1.165) is 18.4 Å². The van der Waals surface area contributed by atoms with E-state index in [2.05, 4.69) is 53.8 Å². The van der Waals surface area contributed by atoms with E-state index in [-0.39, 0.29) is 29.6 Å². The second kappa shape index (κ2) is 8.50. The van der Waals surface area contributed by atoms with Crippen LogP contribution >= 0.6 is 0 Å². The zero-order valence-corrected chi connectivity index (χ0v) is 19.3. The Morgan fingerprint density at radius 3 is 2.03 bits per heavy atom. The molecule has 2 saturated carbocycles. The third-order valence-corrected chi connectivity index (χ3v) is 7.03.